The molecule has 1 aromatic heterocycles. The van der Waals surface area contributed by atoms with Crippen molar-refractivity contribution < 1.29 is 14.8 Å². The maximum absolute atomic E-state index is 10.9. The highest BCUT2D eigenvalue weighted by molar-refractivity contribution is 9.10. The number of hydrogen-bond acceptors (Lipinski definition) is 6. The minimum Gasteiger partial charge on any atom is -0.385 e. The summed E-state index contributed by atoms with van der Waals surface area (Å²) in [7, 11) is 0. The highest BCUT2D eigenvalue weighted by Crippen LogP contribution is 2.33. The fourth-order valence-electron chi connectivity index (χ4n) is 1.98. The summed E-state index contributed by atoms with van der Waals surface area (Å²) in [6.07, 6.45) is 2.83. The van der Waals surface area contributed by atoms with Crippen molar-refractivity contribution in [2.24, 2.45) is 0 Å². The smallest absolute Gasteiger partial charge is 0.311 e. The van der Waals surface area contributed by atoms with E-state index in [1.54, 1.807) is 6.92 Å². The van der Waals surface area contributed by atoms with Crippen molar-refractivity contribution in [2.75, 3.05) is 18.5 Å². The van der Waals surface area contributed by atoms with Gasteiger partial charge in [0.05, 0.1) is 15.5 Å². The first kappa shape index (κ1) is 14.2. The van der Waals surface area contributed by atoms with Gasteiger partial charge in [-0.15, -0.1) is 0 Å². The molecule has 2 heterocycles. The van der Waals surface area contributed by atoms with E-state index in [0.29, 0.717) is 23.2 Å². The number of nitro groups is 1. The number of nitrogens with zero attached hydrogens (tertiary/aromatic N) is 2. The Morgan fingerprint density at radius 3 is 3.05 bits per heavy atom. The molecule has 2 atom stereocenters. The van der Waals surface area contributed by atoms with E-state index in [4.69, 9.17) is 4.74 Å². The fourth-order valence-corrected chi connectivity index (χ4v) is 2.44. The van der Waals surface area contributed by atoms with Gasteiger partial charge in [0, 0.05) is 25.8 Å². The summed E-state index contributed by atoms with van der Waals surface area (Å²) in [4.78, 5) is 14.2. The molecule has 19 heavy (non-hydrogen) atoms. The first-order valence-corrected chi connectivity index (χ1v) is 6.59. The summed E-state index contributed by atoms with van der Waals surface area (Å²) >= 11 is 3.22. The van der Waals surface area contributed by atoms with Crippen LogP contribution in [0.15, 0.2) is 16.9 Å². The van der Waals surface area contributed by atoms with Gasteiger partial charge in [-0.3, -0.25) is 15.1 Å². The van der Waals surface area contributed by atoms with Crippen molar-refractivity contribution in [2.45, 2.75) is 25.0 Å². The minimum atomic E-state index is -1.02. The van der Waals surface area contributed by atoms with Crippen molar-refractivity contribution in [1.82, 2.24) is 4.98 Å². The van der Waals surface area contributed by atoms with Crippen LogP contribution in [-0.2, 0) is 4.74 Å². The van der Waals surface area contributed by atoms with E-state index in [2.05, 4.69) is 26.2 Å². The lowest BCUT2D eigenvalue weighted by molar-refractivity contribution is -0.384. The largest absolute Gasteiger partial charge is 0.385 e. The van der Waals surface area contributed by atoms with Crippen LogP contribution in [0, 0.1) is 10.1 Å². The molecule has 104 valence electrons. The number of aliphatic hydroxyl groups is 1. The summed E-state index contributed by atoms with van der Waals surface area (Å²) < 4.78 is 5.80. The average Bonchev–Trinajstić information content (AvgIpc) is 2.68. The zero-order valence-electron chi connectivity index (χ0n) is 10.3. The maximum atomic E-state index is 10.9. The van der Waals surface area contributed by atoms with E-state index in [0.717, 1.165) is 0 Å². The van der Waals surface area contributed by atoms with Crippen molar-refractivity contribution in [3.05, 3.63) is 27.0 Å². The molecule has 8 heteroatoms. The Labute approximate surface area is 118 Å². The van der Waals surface area contributed by atoms with Gasteiger partial charge in [-0.25, -0.2) is 0 Å². The second-order valence-corrected chi connectivity index (χ2v) is 5.35. The summed E-state index contributed by atoms with van der Waals surface area (Å²) in [5.41, 5.74) is -0.839. The van der Waals surface area contributed by atoms with E-state index >= 15 is 0 Å². The standard InChI is InChI=1S/C11H14BrN3O4/c1-7-11(16,2-3-19-7)6-14-10-8(12)4-13-5-9(10)15(17)18/h4-5,7,16H,2-3,6H2,1H3,(H,13,14). The number of ether oxygens (including phenoxy) is 1. The molecule has 0 radical (unpaired) electrons. The zero-order chi connectivity index (χ0) is 14.0. The molecular weight excluding hydrogens is 318 g/mol. The number of aromatic nitrogens is 1. The first-order valence-electron chi connectivity index (χ1n) is 5.80. The van der Waals surface area contributed by atoms with E-state index < -0.39 is 10.5 Å². The maximum Gasteiger partial charge on any atom is 0.311 e. The normalized spacial score (nSPS) is 26.4. The van der Waals surface area contributed by atoms with Gasteiger partial charge in [-0.05, 0) is 22.9 Å². The number of pyridine rings is 1. The van der Waals surface area contributed by atoms with Gasteiger partial charge in [-0.2, -0.15) is 0 Å². The predicted molar refractivity (Wildman–Crippen MR) is 72.1 cm³/mol. The second-order valence-electron chi connectivity index (χ2n) is 4.49. The Morgan fingerprint density at radius 2 is 2.47 bits per heavy atom. The molecular formula is C11H14BrN3O4. The Balaban J connectivity index is 2.18. The Morgan fingerprint density at radius 1 is 1.74 bits per heavy atom. The van der Waals surface area contributed by atoms with Gasteiger partial charge in [0.1, 0.15) is 17.5 Å². The number of rotatable bonds is 4. The summed E-state index contributed by atoms with van der Waals surface area (Å²) in [6.45, 7) is 2.45. The molecule has 0 bridgehead atoms. The summed E-state index contributed by atoms with van der Waals surface area (Å²) in [6, 6.07) is 0. The van der Waals surface area contributed by atoms with E-state index in [1.807, 2.05) is 0 Å². The van der Waals surface area contributed by atoms with Gasteiger partial charge in [-0.1, -0.05) is 0 Å². The van der Waals surface area contributed by atoms with E-state index in [1.165, 1.54) is 12.4 Å². The van der Waals surface area contributed by atoms with Crippen molar-refractivity contribution in [3.8, 4) is 0 Å². The molecule has 0 aliphatic carbocycles. The highest BCUT2D eigenvalue weighted by atomic mass is 79.9. The van der Waals surface area contributed by atoms with Crippen LogP contribution in [0.5, 0.6) is 0 Å². The van der Waals surface area contributed by atoms with E-state index in [9.17, 15) is 15.2 Å². The van der Waals surface area contributed by atoms with Gasteiger partial charge in [0.15, 0.2) is 0 Å². The van der Waals surface area contributed by atoms with Crippen LogP contribution in [-0.4, -0.2) is 39.9 Å². The molecule has 1 aliphatic heterocycles. The monoisotopic (exact) mass is 331 g/mol. The van der Waals surface area contributed by atoms with Crippen LogP contribution in [0.2, 0.25) is 0 Å². The number of nitrogens with one attached hydrogen (secondary N) is 1. The van der Waals surface area contributed by atoms with Gasteiger partial charge in [0.2, 0.25) is 0 Å². The van der Waals surface area contributed by atoms with Gasteiger partial charge >= 0.3 is 5.69 Å². The fraction of sp³-hybridized carbons (Fsp3) is 0.545. The lowest BCUT2D eigenvalue weighted by Gasteiger charge is -2.26. The van der Waals surface area contributed by atoms with Crippen LogP contribution in [0.25, 0.3) is 0 Å². The Hall–Kier alpha value is -1.25. The van der Waals surface area contributed by atoms with Gasteiger partial charge < -0.3 is 15.2 Å². The van der Waals surface area contributed by atoms with Gasteiger partial charge in [0.25, 0.3) is 0 Å². The molecule has 1 fully saturated rings. The molecule has 1 saturated heterocycles. The number of halogens is 1. The summed E-state index contributed by atoms with van der Waals surface area (Å²) in [5, 5.41) is 24.2. The number of hydrogen-bond donors (Lipinski definition) is 2. The SMILES string of the molecule is CC1OCCC1(O)CNc1c(Br)cncc1[N+](=O)[O-]. The molecule has 0 aromatic carbocycles. The van der Waals surface area contributed by atoms with Crippen LogP contribution < -0.4 is 5.32 Å². The Kier molecular flexibility index (Phi) is 4.02. The first-order chi connectivity index (χ1) is 8.94. The van der Waals surface area contributed by atoms with E-state index in [-0.39, 0.29) is 18.3 Å². The topological polar surface area (TPSA) is 97.5 Å². The van der Waals surface area contributed by atoms with Crippen LogP contribution >= 0.6 is 15.9 Å². The summed E-state index contributed by atoms with van der Waals surface area (Å²) in [5.74, 6) is 0. The van der Waals surface area contributed by atoms with Crippen molar-refractivity contribution in [1.29, 1.82) is 0 Å². The highest BCUT2D eigenvalue weighted by Gasteiger charge is 2.39. The van der Waals surface area contributed by atoms with Crippen LogP contribution in [0.4, 0.5) is 11.4 Å². The third kappa shape index (κ3) is 2.85. The lowest BCUT2D eigenvalue weighted by Crippen LogP contribution is -2.43. The average molecular weight is 332 g/mol. The molecule has 2 N–H and O–H groups in total. The van der Waals surface area contributed by atoms with Crippen LogP contribution in [0.3, 0.4) is 0 Å². The Bertz CT molecular complexity index is 499. The molecule has 0 amide bonds. The van der Waals surface area contributed by atoms with Crippen LogP contribution in [0.1, 0.15) is 13.3 Å². The lowest BCUT2D eigenvalue weighted by atomic mass is 9.96. The second kappa shape index (κ2) is 5.40. The molecule has 2 unspecified atom stereocenters. The minimum absolute atomic E-state index is 0.135. The zero-order valence-corrected chi connectivity index (χ0v) is 11.9. The molecule has 0 saturated carbocycles. The molecule has 1 aliphatic rings. The van der Waals surface area contributed by atoms with Crippen molar-refractivity contribution >= 4 is 27.3 Å². The number of anilines is 1. The molecule has 0 spiro atoms. The van der Waals surface area contributed by atoms with Crippen molar-refractivity contribution in [3.63, 3.8) is 0 Å². The molecule has 7 nitrogen and oxygen atoms in total. The molecule has 1 aromatic rings. The molecule has 2 rings (SSSR count). The third-order valence-electron chi connectivity index (χ3n) is 3.31. The quantitative estimate of drug-likeness (QED) is 0.643. The third-order valence-corrected chi connectivity index (χ3v) is 3.91. The predicted octanol–water partition coefficient (Wildman–Crippen LogP) is 1.70.